The quantitative estimate of drug-likeness (QED) is 0.0147. The van der Waals surface area contributed by atoms with Crippen LogP contribution < -0.4 is 0 Å². The molecule has 0 bridgehead atoms. The molecule has 13 heteroatoms. The summed E-state index contributed by atoms with van der Waals surface area (Å²) in [5.41, 5.74) is 0. The normalized spacial score (nSPS) is 21.8. The second kappa shape index (κ2) is 43.3. The Morgan fingerprint density at radius 2 is 0.848 bits per heavy atom. The molecule has 12 nitrogen and oxygen atoms in total. The summed E-state index contributed by atoms with van der Waals surface area (Å²) in [6, 6.07) is 0. The van der Waals surface area contributed by atoms with Gasteiger partial charge in [0.15, 0.2) is 0 Å². The molecular weight excluding hydrogens is 860 g/mol. The van der Waals surface area contributed by atoms with Crippen molar-refractivity contribution in [2.75, 3.05) is 19.8 Å². The maximum absolute atomic E-state index is 12.9. The van der Waals surface area contributed by atoms with Crippen LogP contribution in [-0.2, 0) is 27.9 Å². The predicted molar refractivity (Wildman–Crippen MR) is 267 cm³/mol. The van der Waals surface area contributed by atoms with Crippen molar-refractivity contribution in [3.05, 3.63) is 48.6 Å². The van der Waals surface area contributed by atoms with Crippen LogP contribution in [0.3, 0.4) is 0 Å². The maximum atomic E-state index is 12.9. The van der Waals surface area contributed by atoms with E-state index in [4.69, 9.17) is 18.5 Å². The molecule has 0 amide bonds. The van der Waals surface area contributed by atoms with Crippen LogP contribution in [0.25, 0.3) is 0 Å². The Hall–Kier alpha value is -1.70. The molecule has 6 N–H and O–H groups in total. The molecule has 1 fully saturated rings. The highest BCUT2D eigenvalue weighted by Gasteiger charge is 2.51. The van der Waals surface area contributed by atoms with Gasteiger partial charge in [-0.2, -0.15) is 0 Å². The molecule has 66 heavy (non-hydrogen) atoms. The minimum absolute atomic E-state index is 0.0805. The fraction of sp³-hybridized carbons (Fsp3) is 0.830. The summed E-state index contributed by atoms with van der Waals surface area (Å²) in [6.45, 7) is 4.22. The van der Waals surface area contributed by atoms with E-state index in [1.54, 1.807) is 0 Å². The monoisotopic (exact) mass is 957 g/mol. The molecule has 0 saturated heterocycles. The van der Waals surface area contributed by atoms with Gasteiger partial charge in [-0.05, 0) is 77.0 Å². The first-order valence-corrected chi connectivity index (χ1v) is 28.0. The van der Waals surface area contributed by atoms with Gasteiger partial charge in [0.1, 0.15) is 42.7 Å². The summed E-state index contributed by atoms with van der Waals surface area (Å²) in [6.07, 6.45) is 41.7. The van der Waals surface area contributed by atoms with E-state index < -0.39 is 63.1 Å². The van der Waals surface area contributed by atoms with Gasteiger partial charge in [0.25, 0.3) is 0 Å². The molecule has 1 rings (SSSR count). The summed E-state index contributed by atoms with van der Waals surface area (Å²) < 4.78 is 34.3. The first-order chi connectivity index (χ1) is 32.0. The molecule has 0 heterocycles. The van der Waals surface area contributed by atoms with E-state index in [1.807, 2.05) is 0 Å². The molecule has 386 valence electrons. The third kappa shape index (κ3) is 34.6. The Balaban J connectivity index is 2.33. The van der Waals surface area contributed by atoms with Crippen molar-refractivity contribution in [1.29, 1.82) is 0 Å². The third-order valence-corrected chi connectivity index (χ3v) is 13.2. The number of unbranched alkanes of at least 4 members (excludes halogenated alkanes) is 25. The number of carbonyl (C=O) groups excluding carboxylic acids is 1. The summed E-state index contributed by atoms with van der Waals surface area (Å²) in [5, 5.41) is 50.3. The SMILES string of the molecule is CCCCC/C=C\C/C=C\CCCCCCCCCCCCOCC(COP(=O)(O)OC1C(O)C(O)C(O)C(O)C1O)OC(=O)CCCCCCCCCCC/C=C\C/C=C\CCCCC. The molecule has 0 radical (unpaired) electrons. The van der Waals surface area contributed by atoms with Gasteiger partial charge in [0.2, 0.25) is 0 Å². The van der Waals surface area contributed by atoms with Crippen LogP contribution in [0.2, 0.25) is 0 Å². The summed E-state index contributed by atoms with van der Waals surface area (Å²) in [5.74, 6) is -0.482. The summed E-state index contributed by atoms with van der Waals surface area (Å²) >= 11 is 0. The lowest BCUT2D eigenvalue weighted by atomic mass is 9.85. The second-order valence-corrected chi connectivity index (χ2v) is 19.8. The molecule has 0 aromatic carbocycles. The molecule has 0 aliphatic heterocycles. The Morgan fingerprint density at radius 3 is 1.27 bits per heavy atom. The molecule has 1 aliphatic carbocycles. The average Bonchev–Trinajstić information content (AvgIpc) is 3.30. The van der Waals surface area contributed by atoms with Gasteiger partial charge in [-0.1, -0.05) is 184 Å². The summed E-state index contributed by atoms with van der Waals surface area (Å²) in [7, 11) is -5.03. The highest BCUT2D eigenvalue weighted by Crippen LogP contribution is 2.47. The minimum Gasteiger partial charge on any atom is -0.457 e. The van der Waals surface area contributed by atoms with E-state index in [0.29, 0.717) is 13.0 Å². The van der Waals surface area contributed by atoms with Crippen molar-refractivity contribution in [2.24, 2.45) is 0 Å². The largest absolute Gasteiger partial charge is 0.472 e. The van der Waals surface area contributed by atoms with Crippen molar-refractivity contribution in [1.82, 2.24) is 0 Å². The molecule has 1 aliphatic rings. The van der Waals surface area contributed by atoms with Gasteiger partial charge in [0, 0.05) is 13.0 Å². The van der Waals surface area contributed by atoms with Crippen molar-refractivity contribution in [3.8, 4) is 0 Å². The van der Waals surface area contributed by atoms with Crippen LogP contribution in [-0.4, -0.2) is 98.9 Å². The van der Waals surface area contributed by atoms with Crippen LogP contribution >= 0.6 is 7.82 Å². The maximum Gasteiger partial charge on any atom is 0.472 e. The van der Waals surface area contributed by atoms with Gasteiger partial charge in [-0.15, -0.1) is 0 Å². The minimum atomic E-state index is -5.03. The number of allylic oxidation sites excluding steroid dienone is 8. The molecule has 1 saturated carbocycles. The van der Waals surface area contributed by atoms with Gasteiger partial charge < -0.3 is 39.9 Å². The van der Waals surface area contributed by atoms with Crippen LogP contribution in [0, 0.1) is 0 Å². The van der Waals surface area contributed by atoms with E-state index >= 15 is 0 Å². The zero-order valence-electron chi connectivity index (χ0n) is 41.5. The second-order valence-electron chi connectivity index (χ2n) is 18.4. The highest BCUT2D eigenvalue weighted by molar-refractivity contribution is 7.47. The van der Waals surface area contributed by atoms with Gasteiger partial charge in [0.05, 0.1) is 13.2 Å². The lowest BCUT2D eigenvalue weighted by Gasteiger charge is -2.41. The average molecular weight is 957 g/mol. The first-order valence-electron chi connectivity index (χ1n) is 26.5. The van der Waals surface area contributed by atoms with Crippen LogP contribution in [0.1, 0.15) is 219 Å². The molecule has 0 spiro atoms. The Morgan fingerprint density at radius 1 is 0.485 bits per heavy atom. The number of aliphatic hydroxyl groups excluding tert-OH is 5. The fourth-order valence-electron chi connectivity index (χ4n) is 7.95. The Labute approximate surface area is 401 Å². The molecule has 6 atom stereocenters. The van der Waals surface area contributed by atoms with Gasteiger partial charge in [-0.25, -0.2) is 4.57 Å². The van der Waals surface area contributed by atoms with E-state index in [2.05, 4.69) is 62.5 Å². The number of ether oxygens (including phenoxy) is 2. The van der Waals surface area contributed by atoms with Crippen molar-refractivity contribution in [2.45, 2.75) is 262 Å². The Kier molecular flexibility index (Phi) is 40.9. The van der Waals surface area contributed by atoms with Crippen LogP contribution in [0.5, 0.6) is 0 Å². The number of hydrogen-bond acceptors (Lipinski definition) is 11. The van der Waals surface area contributed by atoms with Crippen LogP contribution in [0.15, 0.2) is 48.6 Å². The van der Waals surface area contributed by atoms with E-state index in [0.717, 1.165) is 64.2 Å². The third-order valence-electron chi connectivity index (χ3n) is 12.2. The number of esters is 1. The van der Waals surface area contributed by atoms with E-state index in [-0.39, 0.29) is 13.0 Å². The number of phosphoric acid groups is 1. The predicted octanol–water partition coefficient (Wildman–Crippen LogP) is 12.0. The molecule has 6 unspecified atom stereocenters. The number of rotatable bonds is 45. The van der Waals surface area contributed by atoms with Crippen molar-refractivity contribution >= 4 is 13.8 Å². The van der Waals surface area contributed by atoms with E-state index in [9.17, 15) is 39.8 Å². The number of aliphatic hydroxyl groups is 5. The lowest BCUT2D eigenvalue weighted by Crippen LogP contribution is -2.64. The Bertz CT molecular complexity index is 1270. The van der Waals surface area contributed by atoms with Gasteiger partial charge >= 0.3 is 13.8 Å². The standard InChI is InChI=1S/C53H97O12P/c1-3-5-7-9-11-13-15-17-19-21-23-25-27-29-31-33-35-37-39-41-43-62-44-46(45-63-66(60,61)65-53-51(58)49(56)48(55)50(57)52(53)59)64-47(54)42-40-38-36-34-32-30-28-26-24-22-20-18-16-14-12-10-8-6-4-2/h11-14,17-20,46,48-53,55-59H,3-10,15-16,21-45H2,1-2H3,(H,60,61)/b13-11-,14-12-,19-17-,20-18-. The van der Waals surface area contributed by atoms with E-state index in [1.165, 1.54) is 128 Å². The number of carbonyl (C=O) groups is 1. The first kappa shape index (κ1) is 62.3. The zero-order chi connectivity index (χ0) is 48.4. The molecular formula is C53H97O12P. The number of hydrogen-bond donors (Lipinski definition) is 6. The smallest absolute Gasteiger partial charge is 0.457 e. The van der Waals surface area contributed by atoms with Crippen molar-refractivity contribution < 1.29 is 58.3 Å². The zero-order valence-corrected chi connectivity index (χ0v) is 42.4. The molecule has 0 aromatic heterocycles. The van der Waals surface area contributed by atoms with Gasteiger partial charge in [-0.3, -0.25) is 13.8 Å². The summed E-state index contributed by atoms with van der Waals surface area (Å²) in [4.78, 5) is 23.3. The highest BCUT2D eigenvalue weighted by atomic mass is 31.2. The molecule has 0 aromatic rings. The van der Waals surface area contributed by atoms with Crippen LogP contribution in [0.4, 0.5) is 0 Å². The lowest BCUT2D eigenvalue weighted by molar-refractivity contribution is -0.220. The fourth-order valence-corrected chi connectivity index (χ4v) is 8.92. The van der Waals surface area contributed by atoms with Crippen molar-refractivity contribution in [3.63, 3.8) is 0 Å². The topological polar surface area (TPSA) is 192 Å². The number of phosphoric ester groups is 1.